The summed E-state index contributed by atoms with van der Waals surface area (Å²) in [5, 5.41) is 3.29. The second-order valence-electron chi connectivity index (χ2n) is 4.95. The van der Waals surface area contributed by atoms with Gasteiger partial charge in [-0.05, 0) is 30.5 Å². The summed E-state index contributed by atoms with van der Waals surface area (Å²) in [6.07, 6.45) is 0.842. The zero-order valence-corrected chi connectivity index (χ0v) is 13.0. The molecule has 1 aromatic rings. The molecule has 5 heteroatoms. The van der Waals surface area contributed by atoms with Crippen molar-refractivity contribution in [2.24, 2.45) is 5.92 Å². The van der Waals surface area contributed by atoms with E-state index >= 15 is 0 Å². The number of hydrogen-bond acceptors (Lipinski definition) is 3. The third-order valence-corrected chi connectivity index (χ3v) is 3.85. The van der Waals surface area contributed by atoms with Crippen molar-refractivity contribution in [1.29, 1.82) is 0 Å². The third-order valence-electron chi connectivity index (χ3n) is 3.54. The fraction of sp³-hybridized carbons (Fsp3) is 0.533. The molecule has 0 bridgehead atoms. The Bertz CT molecular complexity index is 467. The Labute approximate surface area is 124 Å². The average Bonchev–Trinajstić information content (AvgIpc) is 2.45. The third kappa shape index (κ3) is 4.18. The fourth-order valence-corrected chi connectivity index (χ4v) is 2.09. The number of carbonyl (C=O) groups is 1. The highest BCUT2D eigenvalue weighted by Crippen LogP contribution is 2.22. The summed E-state index contributed by atoms with van der Waals surface area (Å²) in [6, 6.07) is 4.04. The number of hydrogen-bond donors (Lipinski definition) is 1. The molecule has 0 aliphatic carbocycles. The topological polar surface area (TPSA) is 38.3 Å². The van der Waals surface area contributed by atoms with E-state index in [0.29, 0.717) is 0 Å². The molecule has 1 rings (SSSR count). The van der Waals surface area contributed by atoms with Crippen LogP contribution in [0.4, 0.5) is 4.39 Å². The van der Waals surface area contributed by atoms with Crippen LogP contribution in [0, 0.1) is 11.7 Å². The first-order chi connectivity index (χ1) is 9.40. The van der Waals surface area contributed by atoms with Crippen LogP contribution in [0.2, 0.25) is 5.02 Å². The summed E-state index contributed by atoms with van der Waals surface area (Å²) >= 11 is 5.67. The summed E-state index contributed by atoms with van der Waals surface area (Å²) in [4.78, 5) is 11.8. The van der Waals surface area contributed by atoms with Crippen molar-refractivity contribution in [3.63, 3.8) is 0 Å². The van der Waals surface area contributed by atoms with Gasteiger partial charge in [0.05, 0.1) is 12.1 Å². The van der Waals surface area contributed by atoms with Gasteiger partial charge in [0.15, 0.2) is 0 Å². The Kier molecular flexibility index (Phi) is 6.43. The van der Waals surface area contributed by atoms with Crippen LogP contribution in [0.3, 0.4) is 0 Å². The number of rotatable bonds is 6. The second kappa shape index (κ2) is 7.60. The van der Waals surface area contributed by atoms with Crippen LogP contribution in [0.25, 0.3) is 0 Å². The molecule has 20 heavy (non-hydrogen) atoms. The summed E-state index contributed by atoms with van der Waals surface area (Å²) in [6.45, 7) is 5.86. The van der Waals surface area contributed by atoms with Gasteiger partial charge >= 0.3 is 5.97 Å². The molecule has 0 aliphatic heterocycles. The molecule has 0 radical (unpaired) electrons. The van der Waals surface area contributed by atoms with E-state index in [1.807, 2.05) is 20.8 Å². The molecule has 3 unspecified atom stereocenters. The van der Waals surface area contributed by atoms with Crippen LogP contribution in [0.1, 0.15) is 38.8 Å². The lowest BCUT2D eigenvalue weighted by Crippen LogP contribution is -2.43. The zero-order chi connectivity index (χ0) is 15.3. The maximum Gasteiger partial charge on any atom is 0.323 e. The lowest BCUT2D eigenvalue weighted by atomic mass is 9.97. The highest BCUT2D eigenvalue weighted by atomic mass is 35.5. The van der Waals surface area contributed by atoms with Gasteiger partial charge in [-0.1, -0.05) is 37.9 Å². The molecular weight excluding hydrogens is 281 g/mol. The summed E-state index contributed by atoms with van der Waals surface area (Å²) in [7, 11) is 1.37. The van der Waals surface area contributed by atoms with E-state index in [1.165, 1.54) is 19.2 Å². The largest absolute Gasteiger partial charge is 0.468 e. The molecule has 112 valence electrons. The lowest BCUT2D eigenvalue weighted by molar-refractivity contribution is -0.144. The highest BCUT2D eigenvalue weighted by Gasteiger charge is 2.26. The van der Waals surface area contributed by atoms with Crippen LogP contribution >= 0.6 is 11.6 Å². The average molecular weight is 302 g/mol. The Morgan fingerprint density at radius 2 is 2.10 bits per heavy atom. The normalized spacial score (nSPS) is 15.5. The predicted octanol–water partition coefficient (Wildman–Crippen LogP) is 3.72. The summed E-state index contributed by atoms with van der Waals surface area (Å²) < 4.78 is 18.3. The van der Waals surface area contributed by atoms with Crippen LogP contribution in [-0.4, -0.2) is 19.1 Å². The number of ether oxygens (including phenoxy) is 1. The molecule has 0 saturated heterocycles. The molecule has 1 aromatic carbocycles. The zero-order valence-electron chi connectivity index (χ0n) is 12.2. The molecule has 0 spiro atoms. The van der Waals surface area contributed by atoms with Crippen molar-refractivity contribution in [3.05, 3.63) is 34.6 Å². The number of nitrogens with one attached hydrogen (secondary N) is 1. The van der Waals surface area contributed by atoms with Crippen molar-refractivity contribution < 1.29 is 13.9 Å². The minimum Gasteiger partial charge on any atom is -0.468 e. The van der Waals surface area contributed by atoms with Gasteiger partial charge in [-0.3, -0.25) is 10.1 Å². The monoisotopic (exact) mass is 301 g/mol. The van der Waals surface area contributed by atoms with Gasteiger partial charge in [-0.25, -0.2) is 4.39 Å². The first-order valence-corrected chi connectivity index (χ1v) is 7.07. The standard InChI is InChI=1S/C15H21ClFNO2/c1-5-9(2)14(15(19)20-4)18-10(3)11-6-7-12(16)13(17)8-11/h6-10,14,18H,5H2,1-4H3. The van der Waals surface area contributed by atoms with E-state index < -0.39 is 11.9 Å². The van der Waals surface area contributed by atoms with E-state index in [1.54, 1.807) is 6.07 Å². The molecule has 0 saturated carbocycles. The van der Waals surface area contributed by atoms with Gasteiger partial charge in [0.2, 0.25) is 0 Å². The molecule has 3 nitrogen and oxygen atoms in total. The fourth-order valence-electron chi connectivity index (χ4n) is 1.97. The number of esters is 1. The van der Waals surface area contributed by atoms with Crippen molar-refractivity contribution in [2.45, 2.75) is 39.3 Å². The van der Waals surface area contributed by atoms with Gasteiger partial charge in [-0.15, -0.1) is 0 Å². The number of benzene rings is 1. The van der Waals surface area contributed by atoms with E-state index in [-0.39, 0.29) is 23.0 Å². The first-order valence-electron chi connectivity index (χ1n) is 6.69. The van der Waals surface area contributed by atoms with Gasteiger partial charge in [-0.2, -0.15) is 0 Å². The second-order valence-corrected chi connectivity index (χ2v) is 5.36. The lowest BCUT2D eigenvalue weighted by Gasteiger charge is -2.26. The quantitative estimate of drug-likeness (QED) is 0.814. The molecule has 1 N–H and O–H groups in total. The smallest absolute Gasteiger partial charge is 0.323 e. The van der Waals surface area contributed by atoms with Gasteiger partial charge in [0.1, 0.15) is 11.9 Å². The highest BCUT2D eigenvalue weighted by molar-refractivity contribution is 6.30. The molecule has 0 heterocycles. The Hall–Kier alpha value is -1.13. The van der Waals surface area contributed by atoms with Crippen LogP contribution in [0.5, 0.6) is 0 Å². The van der Waals surface area contributed by atoms with E-state index in [2.05, 4.69) is 5.32 Å². The van der Waals surface area contributed by atoms with Crippen molar-refractivity contribution in [1.82, 2.24) is 5.32 Å². The Morgan fingerprint density at radius 1 is 1.45 bits per heavy atom. The minimum atomic E-state index is -0.462. The molecule has 3 atom stereocenters. The van der Waals surface area contributed by atoms with Gasteiger partial charge in [0.25, 0.3) is 0 Å². The van der Waals surface area contributed by atoms with E-state index in [9.17, 15) is 9.18 Å². The van der Waals surface area contributed by atoms with Crippen molar-refractivity contribution in [3.8, 4) is 0 Å². The molecule has 0 aliphatic rings. The predicted molar refractivity (Wildman–Crippen MR) is 78.2 cm³/mol. The van der Waals surface area contributed by atoms with Crippen molar-refractivity contribution >= 4 is 17.6 Å². The van der Waals surface area contributed by atoms with E-state index in [0.717, 1.165) is 12.0 Å². The molecule has 0 fully saturated rings. The van der Waals surface area contributed by atoms with Crippen molar-refractivity contribution in [2.75, 3.05) is 7.11 Å². The molecular formula is C15H21ClFNO2. The van der Waals surface area contributed by atoms with E-state index in [4.69, 9.17) is 16.3 Å². The van der Waals surface area contributed by atoms with Crippen LogP contribution in [0.15, 0.2) is 18.2 Å². The Balaban J connectivity index is 2.86. The number of carbonyl (C=O) groups excluding carboxylic acids is 1. The van der Waals surface area contributed by atoms with Crippen LogP contribution in [-0.2, 0) is 9.53 Å². The first kappa shape index (κ1) is 16.9. The molecule has 0 amide bonds. The number of methoxy groups -OCH3 is 1. The maximum absolute atomic E-state index is 13.5. The summed E-state index contributed by atoms with van der Waals surface area (Å²) in [5.41, 5.74) is 0.740. The van der Waals surface area contributed by atoms with Gasteiger partial charge in [0, 0.05) is 6.04 Å². The van der Waals surface area contributed by atoms with Crippen LogP contribution < -0.4 is 5.32 Å². The Morgan fingerprint density at radius 3 is 2.60 bits per heavy atom. The van der Waals surface area contributed by atoms with Gasteiger partial charge < -0.3 is 4.74 Å². The number of halogens is 2. The molecule has 0 aromatic heterocycles. The minimum absolute atomic E-state index is 0.0902. The summed E-state index contributed by atoms with van der Waals surface area (Å²) in [5.74, 6) is -0.640. The maximum atomic E-state index is 13.5. The SMILES string of the molecule is CCC(C)C(NC(C)c1ccc(Cl)c(F)c1)C(=O)OC.